The third kappa shape index (κ3) is 9.95. The molecular formula is C36H49N3O3PS+. The standard InChI is InChI=1S/C36H49N3O3PS/c1-8-24-35(4,10-3)41-32-20-16-29(17-21-32)26-37-39(7)43(44)36(5,25-9-2)42-33-22-18-31(19-23-33)34(28-40)38(6)27-30-14-12-11-13-15-30/h11-23,26,28,34H,8-10,24-25,27H2,1-7H3/q+1. The Hall–Kier alpha value is -3.12. The number of hydrazone groups is 1. The Morgan fingerprint density at radius 2 is 1.45 bits per heavy atom. The number of rotatable bonds is 18. The van der Waals surface area contributed by atoms with E-state index in [1.807, 2.05) is 96.7 Å². The number of hydrogen-bond donors (Lipinski definition) is 0. The second-order valence-corrected chi connectivity index (χ2v) is 14.9. The molecule has 6 nitrogen and oxygen atoms in total. The highest BCUT2D eigenvalue weighted by Gasteiger charge is 2.45. The van der Waals surface area contributed by atoms with Gasteiger partial charge in [-0.15, -0.1) is 9.88 Å². The van der Waals surface area contributed by atoms with E-state index in [1.165, 1.54) is 0 Å². The van der Waals surface area contributed by atoms with Crippen LogP contribution in [0.5, 0.6) is 11.5 Å². The highest BCUT2D eigenvalue weighted by molar-refractivity contribution is 8.04. The minimum Gasteiger partial charge on any atom is -0.488 e. The lowest BCUT2D eigenvalue weighted by Gasteiger charge is -2.29. The van der Waals surface area contributed by atoms with Crippen molar-refractivity contribution in [2.45, 2.75) is 90.3 Å². The summed E-state index contributed by atoms with van der Waals surface area (Å²) in [5, 5.41) is 4.11. The first-order valence-electron chi connectivity index (χ1n) is 15.6. The van der Waals surface area contributed by atoms with Crippen molar-refractivity contribution in [2.75, 3.05) is 14.1 Å². The van der Waals surface area contributed by atoms with Gasteiger partial charge in [0.2, 0.25) is 0 Å². The van der Waals surface area contributed by atoms with Crippen molar-refractivity contribution in [1.29, 1.82) is 0 Å². The normalized spacial score (nSPS) is 15.3. The summed E-state index contributed by atoms with van der Waals surface area (Å²) in [6, 6.07) is 25.7. The minimum atomic E-state index is -1.20. The van der Waals surface area contributed by atoms with E-state index in [-0.39, 0.29) is 11.6 Å². The molecule has 3 aromatic carbocycles. The molecule has 0 aromatic heterocycles. The van der Waals surface area contributed by atoms with Gasteiger partial charge in [-0.1, -0.05) is 69.7 Å². The van der Waals surface area contributed by atoms with E-state index in [0.717, 1.165) is 66.6 Å². The smallest absolute Gasteiger partial charge is 0.358 e. The number of benzene rings is 3. The fraction of sp³-hybridized carbons (Fsp3) is 0.444. The number of ether oxygens (including phenoxy) is 2. The number of nitrogens with zero attached hydrogens (tertiary/aromatic N) is 3. The van der Waals surface area contributed by atoms with Crippen LogP contribution in [0.15, 0.2) is 84.0 Å². The molecule has 0 aliphatic carbocycles. The molecule has 0 saturated heterocycles. The zero-order valence-electron chi connectivity index (χ0n) is 27.4. The van der Waals surface area contributed by atoms with E-state index < -0.39 is 12.2 Å². The Kier molecular flexibility index (Phi) is 13.5. The maximum absolute atomic E-state index is 12.1. The molecular weight excluding hydrogens is 585 g/mol. The zero-order chi connectivity index (χ0) is 32.2. The molecule has 3 rings (SSSR count). The molecule has 0 heterocycles. The van der Waals surface area contributed by atoms with E-state index in [4.69, 9.17) is 26.4 Å². The first-order chi connectivity index (χ1) is 21.1. The van der Waals surface area contributed by atoms with Crippen LogP contribution >= 0.6 is 6.85 Å². The van der Waals surface area contributed by atoms with Gasteiger partial charge in [0.15, 0.2) is 11.8 Å². The predicted octanol–water partition coefficient (Wildman–Crippen LogP) is 9.13. The third-order valence-electron chi connectivity index (χ3n) is 7.96. The van der Waals surface area contributed by atoms with Crippen LogP contribution in [0.3, 0.4) is 0 Å². The van der Waals surface area contributed by atoms with E-state index in [0.29, 0.717) is 6.54 Å². The molecule has 3 aromatic rings. The van der Waals surface area contributed by atoms with Crippen LogP contribution in [0.1, 0.15) is 89.5 Å². The number of hydrogen-bond acceptors (Lipinski definition) is 6. The van der Waals surface area contributed by atoms with Crippen molar-refractivity contribution in [2.24, 2.45) is 5.10 Å². The fourth-order valence-corrected chi connectivity index (χ4v) is 7.15. The Labute approximate surface area is 270 Å². The van der Waals surface area contributed by atoms with Crippen LogP contribution in [0.2, 0.25) is 0 Å². The van der Waals surface area contributed by atoms with Gasteiger partial charge in [-0.3, -0.25) is 4.90 Å². The number of carbonyl (C=O) groups excluding carboxylic acids is 1. The number of carbonyl (C=O) groups is 1. The molecule has 4 atom stereocenters. The molecule has 236 valence electrons. The Bertz CT molecular complexity index is 1350. The molecule has 44 heavy (non-hydrogen) atoms. The summed E-state index contributed by atoms with van der Waals surface area (Å²) >= 11 is 6.05. The lowest BCUT2D eigenvalue weighted by Crippen LogP contribution is -2.31. The van der Waals surface area contributed by atoms with Crippen LogP contribution in [0.4, 0.5) is 0 Å². The van der Waals surface area contributed by atoms with Gasteiger partial charge in [0.05, 0.1) is 19.3 Å². The van der Waals surface area contributed by atoms with Gasteiger partial charge in [0, 0.05) is 19.9 Å². The van der Waals surface area contributed by atoms with Crippen molar-refractivity contribution >= 4 is 31.2 Å². The lowest BCUT2D eigenvalue weighted by atomic mass is 9.97. The minimum absolute atomic E-state index is 0.151. The quantitative estimate of drug-likeness (QED) is 0.0602. The van der Waals surface area contributed by atoms with Gasteiger partial charge in [-0.2, -0.15) is 0 Å². The number of aldehydes is 1. The third-order valence-corrected chi connectivity index (χ3v) is 11.6. The molecule has 0 spiro atoms. The van der Waals surface area contributed by atoms with Crippen molar-refractivity contribution < 1.29 is 14.3 Å². The second-order valence-electron chi connectivity index (χ2n) is 11.8. The maximum atomic E-state index is 12.1. The Morgan fingerprint density at radius 1 is 0.864 bits per heavy atom. The molecule has 0 amide bonds. The highest BCUT2D eigenvalue weighted by Crippen LogP contribution is 2.46. The first kappa shape index (κ1) is 35.4. The molecule has 0 fully saturated rings. The fourth-order valence-electron chi connectivity index (χ4n) is 5.28. The Balaban J connectivity index is 1.67. The van der Waals surface area contributed by atoms with Gasteiger partial charge in [0.1, 0.15) is 23.4 Å². The molecule has 0 radical (unpaired) electrons. The molecule has 0 aliphatic heterocycles. The average Bonchev–Trinajstić information content (AvgIpc) is 3.02. The van der Waals surface area contributed by atoms with E-state index in [9.17, 15) is 4.79 Å². The van der Waals surface area contributed by atoms with Crippen molar-refractivity contribution in [3.63, 3.8) is 0 Å². The summed E-state index contributed by atoms with van der Waals surface area (Å²) in [6.45, 7) is 10.2. The van der Waals surface area contributed by atoms with Crippen LogP contribution in [0.25, 0.3) is 0 Å². The van der Waals surface area contributed by atoms with E-state index in [2.05, 4.69) is 46.8 Å². The maximum Gasteiger partial charge on any atom is 0.358 e. The molecule has 0 bridgehead atoms. The van der Waals surface area contributed by atoms with Crippen LogP contribution in [0, 0.1) is 0 Å². The van der Waals surface area contributed by atoms with Gasteiger partial charge in [-0.05, 0) is 86.3 Å². The summed E-state index contributed by atoms with van der Waals surface area (Å²) in [7, 11) is 3.88. The van der Waals surface area contributed by atoms with Crippen LogP contribution in [-0.4, -0.2) is 47.2 Å². The predicted molar refractivity (Wildman–Crippen MR) is 187 cm³/mol. The molecule has 0 aliphatic rings. The van der Waals surface area contributed by atoms with Crippen molar-refractivity contribution in [1.82, 2.24) is 9.68 Å². The summed E-state index contributed by atoms with van der Waals surface area (Å²) in [5.74, 6) is 1.60. The Morgan fingerprint density at radius 3 is 2.02 bits per heavy atom. The molecule has 0 N–H and O–H groups in total. The van der Waals surface area contributed by atoms with E-state index in [1.54, 1.807) is 0 Å². The van der Waals surface area contributed by atoms with Crippen LogP contribution < -0.4 is 9.47 Å². The highest BCUT2D eigenvalue weighted by atomic mass is 32.4. The SMILES string of the molecule is CCCC(C)(CC)Oc1ccc(C=NN(C)[P+](=S)C(C)(CCC)Oc2ccc(C(C=O)N(C)Cc3ccccc3)cc2)cc1. The molecule has 8 heteroatoms. The van der Waals surface area contributed by atoms with Gasteiger partial charge in [0.25, 0.3) is 5.34 Å². The second kappa shape index (κ2) is 16.8. The summed E-state index contributed by atoms with van der Waals surface area (Å²) in [4.78, 5) is 14.1. The number of likely N-dealkylation sites (N-methyl/N-ethyl adjacent to an activating group) is 1. The topological polar surface area (TPSA) is 54.4 Å². The largest absolute Gasteiger partial charge is 0.488 e. The van der Waals surface area contributed by atoms with Gasteiger partial charge in [-0.25, -0.2) is 0 Å². The first-order valence-corrected chi connectivity index (χ1v) is 17.9. The van der Waals surface area contributed by atoms with Gasteiger partial charge >= 0.3 is 6.85 Å². The van der Waals surface area contributed by atoms with Crippen molar-refractivity contribution in [3.05, 3.63) is 95.6 Å². The lowest BCUT2D eigenvalue weighted by molar-refractivity contribution is -0.112. The van der Waals surface area contributed by atoms with Gasteiger partial charge < -0.3 is 14.3 Å². The molecule has 0 saturated carbocycles. The molecule has 4 unspecified atom stereocenters. The summed E-state index contributed by atoms with van der Waals surface area (Å²) in [6.07, 6.45) is 7.62. The monoisotopic (exact) mass is 634 g/mol. The van der Waals surface area contributed by atoms with Crippen LogP contribution in [-0.2, 0) is 23.1 Å². The average molecular weight is 635 g/mol. The van der Waals surface area contributed by atoms with Crippen molar-refractivity contribution in [3.8, 4) is 11.5 Å². The van der Waals surface area contributed by atoms with E-state index >= 15 is 0 Å². The zero-order valence-corrected chi connectivity index (χ0v) is 29.1. The summed E-state index contributed by atoms with van der Waals surface area (Å²) in [5.41, 5.74) is 2.91. The summed E-state index contributed by atoms with van der Waals surface area (Å²) < 4.78 is 14.7.